The summed E-state index contributed by atoms with van der Waals surface area (Å²) in [5.41, 5.74) is 12.3. The van der Waals surface area contributed by atoms with Crippen molar-refractivity contribution in [3.63, 3.8) is 0 Å². The van der Waals surface area contributed by atoms with Crippen LogP contribution in [0.25, 0.3) is 0 Å². The van der Waals surface area contributed by atoms with E-state index in [1.807, 2.05) is 21.1 Å². The van der Waals surface area contributed by atoms with Crippen LogP contribution in [0.3, 0.4) is 0 Å². The van der Waals surface area contributed by atoms with Crippen LogP contribution in [0.2, 0.25) is 0 Å². The number of nitrogen functional groups attached to an aromatic ring is 2. The second-order valence-electron chi connectivity index (χ2n) is 6.88. The van der Waals surface area contributed by atoms with Gasteiger partial charge in [-0.2, -0.15) is 0 Å². The molecule has 0 aliphatic carbocycles. The molecule has 0 aliphatic heterocycles. The van der Waals surface area contributed by atoms with Crippen molar-refractivity contribution in [3.05, 3.63) is 23.8 Å². The first kappa shape index (κ1) is 22.4. The number of hydrogen-bond donors (Lipinski definition) is 3. The molecule has 1 atom stereocenters. The van der Waals surface area contributed by atoms with Crippen molar-refractivity contribution in [3.8, 4) is 0 Å². The van der Waals surface area contributed by atoms with Crippen molar-refractivity contribution < 1.29 is 32.5 Å². The number of esters is 1. The number of rotatable bonds is 11. The molecule has 1 unspecified atom stereocenters. The van der Waals surface area contributed by atoms with Crippen LogP contribution in [0.15, 0.2) is 18.2 Å². The van der Waals surface area contributed by atoms with Crippen LogP contribution in [-0.4, -0.2) is 62.9 Å². The Balaban J connectivity index is 2.20. The maximum Gasteiger partial charge on any atom is 0.472 e. The zero-order valence-electron chi connectivity index (χ0n) is 15.5. The number of quaternary nitrogens is 1. The molecule has 148 valence electrons. The summed E-state index contributed by atoms with van der Waals surface area (Å²) in [6.45, 7) is 0.881. The minimum atomic E-state index is -4.05. The molecule has 0 saturated carbocycles. The van der Waals surface area contributed by atoms with E-state index in [-0.39, 0.29) is 25.4 Å². The number of nitrogens with zero attached hydrogens (tertiary/aromatic N) is 1. The summed E-state index contributed by atoms with van der Waals surface area (Å²) in [4.78, 5) is 21.4. The second-order valence-corrected chi connectivity index (χ2v) is 8.33. The van der Waals surface area contributed by atoms with Gasteiger partial charge in [0.15, 0.2) is 0 Å². The molecule has 0 spiro atoms. The Kier molecular flexibility index (Phi) is 8.52. The summed E-state index contributed by atoms with van der Waals surface area (Å²) in [6.07, 6.45) is 0.915. The van der Waals surface area contributed by atoms with E-state index >= 15 is 0 Å². The number of carbonyl (C=O) groups excluding carboxylic acids is 1. The predicted molar refractivity (Wildman–Crippen MR) is 99.4 cm³/mol. The number of benzene rings is 1. The lowest BCUT2D eigenvalue weighted by molar-refractivity contribution is -0.870. The first-order valence-corrected chi connectivity index (χ1v) is 9.73. The van der Waals surface area contributed by atoms with Gasteiger partial charge in [-0.15, -0.1) is 0 Å². The smallest absolute Gasteiger partial charge is 0.462 e. The molecule has 26 heavy (non-hydrogen) atoms. The maximum absolute atomic E-state index is 11.9. The number of nitrogens with two attached hydrogens (primary N) is 2. The van der Waals surface area contributed by atoms with Crippen LogP contribution in [0, 0.1) is 0 Å². The molecule has 9 nitrogen and oxygen atoms in total. The van der Waals surface area contributed by atoms with Gasteiger partial charge in [0, 0.05) is 11.4 Å². The van der Waals surface area contributed by atoms with Gasteiger partial charge in [-0.3, -0.25) is 9.05 Å². The van der Waals surface area contributed by atoms with Gasteiger partial charge in [-0.1, -0.05) is 0 Å². The summed E-state index contributed by atoms with van der Waals surface area (Å²) in [7, 11) is 1.80. The molecule has 10 heteroatoms. The van der Waals surface area contributed by atoms with Gasteiger partial charge in [0.25, 0.3) is 0 Å². The molecular formula is C16H29N3O6P+. The minimum Gasteiger partial charge on any atom is -0.462 e. The molecule has 0 amide bonds. The molecule has 1 rings (SSSR count). The Bertz CT molecular complexity index is 627. The monoisotopic (exact) mass is 390 g/mol. The largest absolute Gasteiger partial charge is 0.472 e. The zero-order valence-corrected chi connectivity index (χ0v) is 16.4. The first-order chi connectivity index (χ1) is 12.0. The summed E-state index contributed by atoms with van der Waals surface area (Å²) in [5, 5.41) is 0. The van der Waals surface area contributed by atoms with Crippen molar-refractivity contribution >= 4 is 25.2 Å². The van der Waals surface area contributed by atoms with Crippen LogP contribution < -0.4 is 11.5 Å². The number of ether oxygens (including phenoxy) is 1. The highest BCUT2D eigenvalue weighted by atomic mass is 31.2. The summed E-state index contributed by atoms with van der Waals surface area (Å²) in [5.74, 6) is -0.526. The number of hydrogen-bond acceptors (Lipinski definition) is 7. The van der Waals surface area contributed by atoms with Crippen molar-refractivity contribution in [1.82, 2.24) is 0 Å². The Morgan fingerprint density at radius 2 is 1.58 bits per heavy atom. The van der Waals surface area contributed by atoms with Crippen LogP contribution in [0.4, 0.5) is 11.4 Å². The fourth-order valence-electron chi connectivity index (χ4n) is 1.89. The van der Waals surface area contributed by atoms with E-state index in [2.05, 4.69) is 0 Å². The molecular weight excluding hydrogens is 361 g/mol. The van der Waals surface area contributed by atoms with Gasteiger partial charge in [0.1, 0.15) is 13.2 Å². The van der Waals surface area contributed by atoms with Crippen molar-refractivity contribution in [2.75, 3.05) is 59.0 Å². The molecule has 1 aromatic carbocycles. The van der Waals surface area contributed by atoms with E-state index in [9.17, 15) is 14.3 Å². The number of phosphoric ester groups is 1. The highest BCUT2D eigenvalue weighted by Gasteiger charge is 2.22. The Morgan fingerprint density at radius 1 is 1.04 bits per heavy atom. The van der Waals surface area contributed by atoms with Gasteiger partial charge < -0.3 is 25.6 Å². The van der Waals surface area contributed by atoms with E-state index in [0.717, 1.165) is 0 Å². The van der Waals surface area contributed by atoms with E-state index in [0.29, 0.717) is 35.2 Å². The van der Waals surface area contributed by atoms with Crippen LogP contribution in [-0.2, 0) is 18.3 Å². The number of unbranched alkanes of at least 4 members (excludes halogenated alkanes) is 1. The number of carbonyl (C=O) groups is 1. The molecule has 0 radical (unpaired) electrons. The van der Waals surface area contributed by atoms with Gasteiger partial charge in [0.2, 0.25) is 0 Å². The van der Waals surface area contributed by atoms with Gasteiger partial charge in [0.05, 0.1) is 39.9 Å². The second kappa shape index (κ2) is 9.89. The fourth-order valence-corrected chi connectivity index (χ4v) is 2.64. The number of anilines is 2. The molecule has 0 heterocycles. The van der Waals surface area contributed by atoms with Crippen molar-refractivity contribution in [1.29, 1.82) is 0 Å². The molecule has 0 bridgehead atoms. The molecule has 0 aliphatic rings. The summed E-state index contributed by atoms with van der Waals surface area (Å²) < 4.78 is 27.2. The Morgan fingerprint density at radius 3 is 2.15 bits per heavy atom. The predicted octanol–water partition coefficient (Wildman–Crippen LogP) is 1.63. The SMILES string of the molecule is C[N+](C)(C)CCOP(=O)(O)OCCCCOC(=O)c1cc(N)cc(N)c1. The van der Waals surface area contributed by atoms with E-state index < -0.39 is 13.8 Å². The lowest BCUT2D eigenvalue weighted by Crippen LogP contribution is -2.37. The lowest BCUT2D eigenvalue weighted by Gasteiger charge is -2.24. The average molecular weight is 390 g/mol. The third-order valence-corrected chi connectivity index (χ3v) is 4.27. The lowest BCUT2D eigenvalue weighted by atomic mass is 10.2. The number of likely N-dealkylation sites (N-methyl/N-ethyl adjacent to an activating group) is 1. The third-order valence-electron chi connectivity index (χ3n) is 3.26. The van der Waals surface area contributed by atoms with Gasteiger partial charge in [-0.05, 0) is 31.0 Å². The van der Waals surface area contributed by atoms with Crippen LogP contribution >= 0.6 is 7.82 Å². The molecule has 1 aromatic rings. The number of phosphoric acid groups is 1. The molecule has 5 N–H and O–H groups in total. The van der Waals surface area contributed by atoms with E-state index in [1.165, 1.54) is 12.1 Å². The van der Waals surface area contributed by atoms with Gasteiger partial charge >= 0.3 is 13.8 Å². The zero-order chi connectivity index (χ0) is 19.8. The maximum atomic E-state index is 11.9. The quantitative estimate of drug-likeness (QED) is 0.171. The molecule has 0 fully saturated rings. The highest BCUT2D eigenvalue weighted by molar-refractivity contribution is 7.47. The van der Waals surface area contributed by atoms with E-state index in [4.69, 9.17) is 25.3 Å². The van der Waals surface area contributed by atoms with Crippen LogP contribution in [0.1, 0.15) is 23.2 Å². The highest BCUT2D eigenvalue weighted by Crippen LogP contribution is 2.43. The molecule has 0 aromatic heterocycles. The summed E-state index contributed by atoms with van der Waals surface area (Å²) >= 11 is 0. The standard InChI is InChI=1S/C16H28N3O6P/c1-19(2,3)6-9-25-26(21,22)24-8-5-4-7-23-16(20)13-10-14(17)12-15(18)11-13/h10-12H,4-9,17-18H2,1-3H3/p+1. The van der Waals surface area contributed by atoms with Gasteiger partial charge in [-0.25, -0.2) is 9.36 Å². The topological polar surface area (TPSA) is 134 Å². The third kappa shape index (κ3) is 9.74. The Hall–Kier alpha value is -1.64. The normalized spacial score (nSPS) is 14.0. The molecule has 0 saturated heterocycles. The first-order valence-electron chi connectivity index (χ1n) is 8.24. The fraction of sp³-hybridized carbons (Fsp3) is 0.562. The van der Waals surface area contributed by atoms with Crippen LogP contribution in [0.5, 0.6) is 0 Å². The Labute approximate surface area is 154 Å². The average Bonchev–Trinajstić information content (AvgIpc) is 2.47. The van der Waals surface area contributed by atoms with Crippen molar-refractivity contribution in [2.45, 2.75) is 12.8 Å². The summed E-state index contributed by atoms with van der Waals surface area (Å²) in [6, 6.07) is 4.51. The minimum absolute atomic E-state index is 0.0287. The van der Waals surface area contributed by atoms with Crippen molar-refractivity contribution in [2.24, 2.45) is 0 Å². The van der Waals surface area contributed by atoms with E-state index in [1.54, 1.807) is 6.07 Å².